The highest BCUT2D eigenvalue weighted by Crippen LogP contribution is 2.33. The Morgan fingerprint density at radius 3 is 2.74 bits per heavy atom. The van der Waals surface area contributed by atoms with Crippen molar-refractivity contribution in [3.63, 3.8) is 0 Å². The fraction of sp³-hybridized carbons (Fsp3) is 0.240. The second kappa shape index (κ2) is 8.77. The number of imide groups is 1. The average molecular weight is 412 g/mol. The summed E-state index contributed by atoms with van der Waals surface area (Å²) in [6.45, 7) is 1.53. The largest absolute Gasteiger partial charge is 0.447 e. The fourth-order valence-electron chi connectivity index (χ4n) is 3.87. The maximum Gasteiger partial charge on any atom is 0.324 e. The maximum atomic E-state index is 12.9. The van der Waals surface area contributed by atoms with E-state index in [1.807, 2.05) is 42.5 Å². The number of rotatable bonds is 3. The van der Waals surface area contributed by atoms with E-state index in [2.05, 4.69) is 29.0 Å². The van der Waals surface area contributed by atoms with E-state index in [4.69, 9.17) is 4.74 Å². The molecule has 31 heavy (non-hydrogen) atoms. The highest BCUT2D eigenvalue weighted by atomic mass is 16.5. The van der Waals surface area contributed by atoms with E-state index in [-0.39, 0.29) is 18.9 Å². The van der Waals surface area contributed by atoms with Gasteiger partial charge < -0.3 is 10.1 Å². The van der Waals surface area contributed by atoms with Gasteiger partial charge in [-0.25, -0.2) is 4.79 Å². The van der Waals surface area contributed by atoms with Gasteiger partial charge in [-0.15, -0.1) is 0 Å². The third-order valence-corrected chi connectivity index (χ3v) is 5.30. The molecule has 154 valence electrons. The minimum absolute atomic E-state index is 0.258. The summed E-state index contributed by atoms with van der Waals surface area (Å²) < 4.78 is 5.34. The Balaban J connectivity index is 1.55. The van der Waals surface area contributed by atoms with E-state index in [1.165, 1.54) is 6.92 Å². The van der Waals surface area contributed by atoms with Gasteiger partial charge in [-0.1, -0.05) is 66.1 Å². The summed E-state index contributed by atoms with van der Waals surface area (Å²) in [6.07, 6.45) is 2.49. The number of ether oxygens (including phenoxy) is 1. The molecule has 0 aromatic heterocycles. The van der Waals surface area contributed by atoms with Crippen LogP contribution in [0.1, 0.15) is 18.9 Å². The number of β-lactam (4-membered cyclic amide) rings is 1. The zero-order valence-electron chi connectivity index (χ0n) is 16.9. The predicted octanol–water partition coefficient (Wildman–Crippen LogP) is 2.77. The molecule has 1 N–H and O–H groups in total. The van der Waals surface area contributed by atoms with Crippen molar-refractivity contribution >= 4 is 28.7 Å². The molecule has 0 bridgehead atoms. The molecule has 1 aliphatic carbocycles. The number of carbonyl (C=O) groups is 3. The van der Waals surface area contributed by atoms with Crippen LogP contribution in [0.5, 0.6) is 0 Å². The van der Waals surface area contributed by atoms with Crippen molar-refractivity contribution in [2.24, 2.45) is 5.92 Å². The van der Waals surface area contributed by atoms with E-state index in [9.17, 15) is 14.4 Å². The third-order valence-electron chi connectivity index (χ3n) is 5.30. The van der Waals surface area contributed by atoms with Crippen LogP contribution in [-0.4, -0.2) is 35.0 Å². The number of hydrogen-bond donors (Lipinski definition) is 1. The van der Waals surface area contributed by atoms with Crippen molar-refractivity contribution in [2.45, 2.75) is 32.0 Å². The predicted molar refractivity (Wildman–Crippen MR) is 115 cm³/mol. The van der Waals surface area contributed by atoms with Crippen molar-refractivity contribution in [2.75, 3.05) is 0 Å². The van der Waals surface area contributed by atoms with Crippen LogP contribution in [0.15, 0.2) is 54.6 Å². The number of likely N-dealkylation sites (tertiary alicyclic amines) is 1. The number of nitrogens with one attached hydrogen (secondary N) is 1. The van der Waals surface area contributed by atoms with E-state index < -0.39 is 30.1 Å². The van der Waals surface area contributed by atoms with Crippen LogP contribution in [0.4, 0.5) is 4.79 Å². The van der Waals surface area contributed by atoms with Gasteiger partial charge in [-0.05, 0) is 28.5 Å². The van der Waals surface area contributed by atoms with Gasteiger partial charge in [0.05, 0.1) is 5.92 Å². The normalized spacial score (nSPS) is 22.5. The number of benzene rings is 2. The number of nitrogens with zero attached hydrogens (tertiary/aromatic N) is 1. The topological polar surface area (TPSA) is 75.7 Å². The van der Waals surface area contributed by atoms with Crippen LogP contribution < -0.4 is 5.32 Å². The van der Waals surface area contributed by atoms with Crippen molar-refractivity contribution < 1.29 is 19.1 Å². The molecule has 0 spiro atoms. The Hall–Kier alpha value is -4.03. The first-order valence-electron chi connectivity index (χ1n) is 9.95. The molecule has 0 radical (unpaired) electrons. The number of amides is 3. The zero-order valence-corrected chi connectivity index (χ0v) is 16.9. The van der Waals surface area contributed by atoms with Gasteiger partial charge in [0, 0.05) is 19.9 Å². The molecule has 3 amide bonds. The molecule has 4 rings (SSSR count). The second-order valence-electron chi connectivity index (χ2n) is 7.28. The third kappa shape index (κ3) is 4.15. The molecule has 6 nitrogen and oxygen atoms in total. The summed E-state index contributed by atoms with van der Waals surface area (Å²) in [7, 11) is 0. The summed E-state index contributed by atoms with van der Waals surface area (Å²) in [5.74, 6) is 9.89. The summed E-state index contributed by atoms with van der Waals surface area (Å²) >= 11 is 0. The number of allylic oxidation sites excluding steroid dienone is 2. The molecule has 6 heteroatoms. The molecular formula is C25H20N2O4. The van der Waals surface area contributed by atoms with Gasteiger partial charge in [0.25, 0.3) is 0 Å². The number of carbonyl (C=O) groups excluding carboxylic acids is 3. The average Bonchev–Trinajstić information content (AvgIpc) is 2.76. The number of urea groups is 1. The molecule has 1 fully saturated rings. The lowest BCUT2D eigenvalue weighted by Crippen LogP contribution is -2.69. The van der Waals surface area contributed by atoms with E-state index in [0.29, 0.717) is 0 Å². The fourth-order valence-corrected chi connectivity index (χ4v) is 3.87. The zero-order chi connectivity index (χ0) is 21.8. The summed E-state index contributed by atoms with van der Waals surface area (Å²) in [6, 6.07) is 12.5. The van der Waals surface area contributed by atoms with Crippen LogP contribution in [0.2, 0.25) is 0 Å². The number of hydrogen-bond acceptors (Lipinski definition) is 4. The molecule has 1 heterocycles. The molecule has 1 saturated heterocycles. The minimum atomic E-state index is -0.909. The van der Waals surface area contributed by atoms with Gasteiger partial charge in [-0.2, -0.15) is 0 Å². The molecule has 2 aromatic rings. The number of fused-ring (bicyclic) bond motifs is 2. The lowest BCUT2D eigenvalue weighted by molar-refractivity contribution is -0.164. The molecule has 1 aliphatic heterocycles. The number of esters is 1. The Labute approximate surface area is 180 Å². The summed E-state index contributed by atoms with van der Waals surface area (Å²) in [4.78, 5) is 38.4. The van der Waals surface area contributed by atoms with Gasteiger partial charge in [-0.3, -0.25) is 14.5 Å². The quantitative estimate of drug-likeness (QED) is 0.478. The first kappa shape index (κ1) is 20.3. The molecular weight excluding hydrogens is 392 g/mol. The Morgan fingerprint density at radius 2 is 1.90 bits per heavy atom. The van der Waals surface area contributed by atoms with Gasteiger partial charge in [0.15, 0.2) is 6.10 Å². The van der Waals surface area contributed by atoms with Crippen molar-refractivity contribution in [1.82, 2.24) is 10.2 Å². The minimum Gasteiger partial charge on any atom is -0.447 e. The van der Waals surface area contributed by atoms with E-state index in [1.54, 1.807) is 12.2 Å². The molecule has 3 atom stereocenters. The lowest BCUT2D eigenvalue weighted by Gasteiger charge is -2.46. The standard InChI is InChI=1S/C25H20N2O4/c1-17(28)31-22-15-6-4-2-3-5-14-21-23(22)27(24(21)29)25(30)26-16-19-12-9-11-18-10-7-8-13-20(18)19/h2,4,7-13,21-23H,14,16H2,1H3,(H,26,30)/b4-2-/t21-,22-,23+/m1/s1. The van der Waals surface area contributed by atoms with Crippen LogP contribution in [0.25, 0.3) is 10.8 Å². The molecule has 2 aliphatic rings. The van der Waals surface area contributed by atoms with E-state index >= 15 is 0 Å². The first-order chi connectivity index (χ1) is 15.1. The van der Waals surface area contributed by atoms with E-state index in [0.717, 1.165) is 21.2 Å². The molecule has 0 saturated carbocycles. The summed E-state index contributed by atoms with van der Waals surface area (Å²) in [5, 5.41) is 4.92. The monoisotopic (exact) mass is 412 g/mol. The maximum absolute atomic E-state index is 12.9. The second-order valence-corrected chi connectivity index (χ2v) is 7.28. The first-order valence-corrected chi connectivity index (χ1v) is 9.95. The van der Waals surface area contributed by atoms with Gasteiger partial charge >= 0.3 is 12.0 Å². The van der Waals surface area contributed by atoms with Crippen LogP contribution in [0.3, 0.4) is 0 Å². The van der Waals surface area contributed by atoms with Crippen molar-refractivity contribution in [3.05, 3.63) is 60.2 Å². The SMILES string of the molecule is CC(=O)O[C@@H]1C#C/C=C\C#CC[C@H]2C(=O)N(C(=O)NCc3cccc4ccccc34)[C@H]12. The van der Waals surface area contributed by atoms with Gasteiger partial charge in [0.1, 0.15) is 6.04 Å². The lowest BCUT2D eigenvalue weighted by atomic mass is 9.81. The van der Waals surface area contributed by atoms with Gasteiger partial charge in [0.2, 0.25) is 5.91 Å². The van der Waals surface area contributed by atoms with Crippen LogP contribution >= 0.6 is 0 Å². The highest BCUT2D eigenvalue weighted by molar-refractivity contribution is 6.02. The van der Waals surface area contributed by atoms with Crippen LogP contribution in [-0.2, 0) is 20.9 Å². The Bertz CT molecular complexity index is 1200. The Morgan fingerprint density at radius 1 is 1.13 bits per heavy atom. The highest BCUT2D eigenvalue weighted by Gasteiger charge is 2.54. The summed E-state index contributed by atoms with van der Waals surface area (Å²) in [5.41, 5.74) is 0.939. The van der Waals surface area contributed by atoms with Crippen molar-refractivity contribution in [3.8, 4) is 23.7 Å². The van der Waals surface area contributed by atoms with Crippen molar-refractivity contribution in [1.29, 1.82) is 0 Å². The molecule has 2 aromatic carbocycles. The van der Waals surface area contributed by atoms with Crippen LogP contribution in [0, 0.1) is 29.6 Å². The smallest absolute Gasteiger partial charge is 0.324 e. The Kier molecular flexibility index (Phi) is 5.73. The molecule has 0 unspecified atom stereocenters.